The van der Waals surface area contributed by atoms with Gasteiger partial charge in [0.2, 0.25) is 5.91 Å². The van der Waals surface area contributed by atoms with Crippen LogP contribution in [0.5, 0.6) is 0 Å². The maximum Gasteiger partial charge on any atom is 0.273 e. The van der Waals surface area contributed by atoms with Crippen LogP contribution in [0.25, 0.3) is 0 Å². The van der Waals surface area contributed by atoms with Crippen molar-refractivity contribution in [1.82, 2.24) is 20.0 Å². The van der Waals surface area contributed by atoms with Crippen molar-refractivity contribution in [3.05, 3.63) is 52.3 Å². The molecule has 7 heteroatoms. The van der Waals surface area contributed by atoms with Crippen LogP contribution in [0.1, 0.15) is 79.5 Å². The highest BCUT2D eigenvalue weighted by molar-refractivity contribution is 6.30. The van der Waals surface area contributed by atoms with Crippen LogP contribution in [-0.2, 0) is 17.8 Å². The predicted octanol–water partition coefficient (Wildman–Crippen LogP) is 4.32. The molecular formula is C25H31ClN4O2. The van der Waals surface area contributed by atoms with Gasteiger partial charge < -0.3 is 10.2 Å². The van der Waals surface area contributed by atoms with E-state index < -0.39 is 5.54 Å². The number of hydrogen-bond acceptors (Lipinski definition) is 3. The minimum Gasteiger partial charge on any atom is -0.351 e. The first kappa shape index (κ1) is 21.5. The Morgan fingerprint density at radius 2 is 1.88 bits per heavy atom. The molecule has 1 atom stereocenters. The third-order valence-corrected chi connectivity index (χ3v) is 7.53. The normalized spacial score (nSPS) is 23.8. The number of halogens is 1. The number of carbonyl (C=O) groups excluding carboxylic acids is 2. The molecule has 5 rings (SSSR count). The van der Waals surface area contributed by atoms with Crippen LogP contribution in [-0.4, -0.2) is 44.6 Å². The molecule has 1 aromatic heterocycles. The highest BCUT2D eigenvalue weighted by atomic mass is 35.5. The van der Waals surface area contributed by atoms with E-state index in [9.17, 15) is 9.59 Å². The number of nitrogens with zero attached hydrogens (tertiary/aromatic N) is 3. The maximum absolute atomic E-state index is 13.6. The smallest absolute Gasteiger partial charge is 0.273 e. The Morgan fingerprint density at radius 1 is 1.16 bits per heavy atom. The Bertz CT molecular complexity index is 1010. The van der Waals surface area contributed by atoms with E-state index in [0.29, 0.717) is 36.1 Å². The monoisotopic (exact) mass is 454 g/mol. The molecule has 0 saturated heterocycles. The molecule has 1 aromatic carbocycles. The lowest BCUT2D eigenvalue weighted by Crippen LogP contribution is -2.65. The summed E-state index contributed by atoms with van der Waals surface area (Å²) in [5.74, 6) is 0.291. The maximum atomic E-state index is 13.6. The first-order valence-corrected chi connectivity index (χ1v) is 12.3. The van der Waals surface area contributed by atoms with E-state index >= 15 is 0 Å². The second kappa shape index (κ2) is 8.54. The van der Waals surface area contributed by atoms with Gasteiger partial charge in [-0.15, -0.1) is 0 Å². The van der Waals surface area contributed by atoms with Crippen molar-refractivity contribution < 1.29 is 9.59 Å². The number of rotatable bonds is 6. The lowest BCUT2D eigenvalue weighted by atomic mass is 9.91. The molecule has 1 N–H and O–H groups in total. The first-order valence-electron chi connectivity index (χ1n) is 11.9. The zero-order valence-electron chi connectivity index (χ0n) is 18.6. The van der Waals surface area contributed by atoms with E-state index in [0.717, 1.165) is 49.8 Å². The molecule has 0 spiro atoms. The van der Waals surface area contributed by atoms with Crippen LogP contribution in [0, 0.1) is 0 Å². The van der Waals surface area contributed by atoms with E-state index in [1.807, 2.05) is 37.3 Å². The molecule has 2 fully saturated rings. The second-order valence-electron chi connectivity index (χ2n) is 9.80. The van der Waals surface area contributed by atoms with Gasteiger partial charge in [-0.2, -0.15) is 5.10 Å². The van der Waals surface area contributed by atoms with E-state index in [-0.39, 0.29) is 17.9 Å². The largest absolute Gasteiger partial charge is 0.351 e. The van der Waals surface area contributed by atoms with Gasteiger partial charge in [-0.3, -0.25) is 14.3 Å². The summed E-state index contributed by atoms with van der Waals surface area (Å²) in [4.78, 5) is 29.0. The summed E-state index contributed by atoms with van der Waals surface area (Å²) in [6, 6.07) is 9.81. The molecule has 2 saturated carbocycles. The van der Waals surface area contributed by atoms with Crippen molar-refractivity contribution in [3.63, 3.8) is 0 Å². The Kier molecular flexibility index (Phi) is 5.74. The van der Waals surface area contributed by atoms with Crippen LogP contribution >= 0.6 is 11.6 Å². The average Bonchev–Trinajstić information content (AvgIpc) is 3.55. The van der Waals surface area contributed by atoms with Crippen molar-refractivity contribution in [2.45, 2.75) is 82.3 Å². The highest BCUT2D eigenvalue weighted by Crippen LogP contribution is 2.40. The minimum atomic E-state index is -0.971. The Hall–Kier alpha value is -2.34. The summed E-state index contributed by atoms with van der Waals surface area (Å²) >= 11 is 6.03. The highest BCUT2D eigenvalue weighted by Gasteiger charge is 2.48. The SMILES string of the molecule is CC1(C(=O)NC2CCCCC2)Cn2nc(C3CC3)cc2C(=O)N1CCc1ccc(Cl)cc1. The third kappa shape index (κ3) is 4.17. The van der Waals surface area contributed by atoms with Crippen LogP contribution in [0.15, 0.2) is 30.3 Å². The number of benzene rings is 1. The molecule has 1 aliphatic heterocycles. The van der Waals surface area contributed by atoms with Gasteiger partial charge in [-0.05, 0) is 62.8 Å². The summed E-state index contributed by atoms with van der Waals surface area (Å²) < 4.78 is 1.77. The molecule has 0 bridgehead atoms. The number of fused-ring (bicyclic) bond motifs is 1. The van der Waals surface area contributed by atoms with Gasteiger partial charge in [-0.25, -0.2) is 0 Å². The van der Waals surface area contributed by atoms with Crippen LogP contribution in [0.4, 0.5) is 0 Å². The summed E-state index contributed by atoms with van der Waals surface area (Å²) in [5.41, 5.74) is 1.71. The topological polar surface area (TPSA) is 67.2 Å². The average molecular weight is 455 g/mol. The summed E-state index contributed by atoms with van der Waals surface area (Å²) in [6.45, 7) is 2.76. The lowest BCUT2D eigenvalue weighted by Gasteiger charge is -2.44. The number of carbonyl (C=O) groups is 2. The Balaban J connectivity index is 1.41. The van der Waals surface area contributed by atoms with E-state index in [1.165, 1.54) is 6.42 Å². The van der Waals surface area contributed by atoms with Crippen molar-refractivity contribution in [2.75, 3.05) is 6.54 Å². The van der Waals surface area contributed by atoms with Gasteiger partial charge in [0.25, 0.3) is 5.91 Å². The number of aromatic nitrogens is 2. The zero-order valence-corrected chi connectivity index (χ0v) is 19.4. The van der Waals surface area contributed by atoms with Crippen LogP contribution < -0.4 is 5.32 Å². The molecule has 2 heterocycles. The standard InChI is InChI=1S/C25H31ClN4O2/c1-25(24(32)27-20-5-3-2-4-6-20)16-30-22(15-21(28-30)18-9-10-18)23(31)29(25)14-13-17-7-11-19(26)12-8-17/h7-8,11-12,15,18,20H,2-6,9-10,13-14,16H2,1H3,(H,27,32). The molecule has 1 unspecified atom stereocenters. The van der Waals surface area contributed by atoms with Gasteiger partial charge in [0, 0.05) is 23.5 Å². The van der Waals surface area contributed by atoms with E-state index in [1.54, 1.807) is 9.58 Å². The molecule has 6 nitrogen and oxygen atoms in total. The molecule has 2 aliphatic carbocycles. The summed E-state index contributed by atoms with van der Waals surface area (Å²) in [5, 5.41) is 8.68. The first-order chi connectivity index (χ1) is 15.4. The molecular weight excluding hydrogens is 424 g/mol. The minimum absolute atomic E-state index is 0.0667. The predicted molar refractivity (Wildman–Crippen MR) is 124 cm³/mol. The quantitative estimate of drug-likeness (QED) is 0.706. The van der Waals surface area contributed by atoms with Crippen molar-refractivity contribution in [3.8, 4) is 0 Å². The van der Waals surface area contributed by atoms with E-state index in [2.05, 4.69) is 5.32 Å². The van der Waals surface area contributed by atoms with Gasteiger partial charge in [0.1, 0.15) is 11.2 Å². The molecule has 2 amide bonds. The molecule has 0 radical (unpaired) electrons. The summed E-state index contributed by atoms with van der Waals surface area (Å²) in [6.07, 6.45) is 8.48. The summed E-state index contributed by atoms with van der Waals surface area (Å²) in [7, 11) is 0. The number of nitrogens with one attached hydrogen (secondary N) is 1. The molecule has 3 aliphatic rings. The van der Waals surface area contributed by atoms with Crippen molar-refractivity contribution in [1.29, 1.82) is 0 Å². The fourth-order valence-corrected chi connectivity index (χ4v) is 5.20. The fourth-order valence-electron chi connectivity index (χ4n) is 5.07. The fraction of sp³-hybridized carbons (Fsp3) is 0.560. The second-order valence-corrected chi connectivity index (χ2v) is 10.2. The van der Waals surface area contributed by atoms with Crippen molar-refractivity contribution >= 4 is 23.4 Å². The van der Waals surface area contributed by atoms with Gasteiger partial charge >= 0.3 is 0 Å². The molecule has 2 aromatic rings. The van der Waals surface area contributed by atoms with Gasteiger partial charge in [0.05, 0.1) is 12.2 Å². The van der Waals surface area contributed by atoms with E-state index in [4.69, 9.17) is 16.7 Å². The van der Waals surface area contributed by atoms with Gasteiger partial charge in [0.15, 0.2) is 0 Å². The molecule has 170 valence electrons. The zero-order chi connectivity index (χ0) is 22.3. The number of amides is 2. The van der Waals surface area contributed by atoms with Crippen LogP contribution in [0.3, 0.4) is 0 Å². The van der Waals surface area contributed by atoms with Crippen LogP contribution in [0.2, 0.25) is 5.02 Å². The Labute approximate surface area is 194 Å². The third-order valence-electron chi connectivity index (χ3n) is 7.28. The number of hydrogen-bond donors (Lipinski definition) is 1. The molecule has 32 heavy (non-hydrogen) atoms. The van der Waals surface area contributed by atoms with Crippen molar-refractivity contribution in [2.24, 2.45) is 0 Å². The Morgan fingerprint density at radius 3 is 2.56 bits per heavy atom. The lowest BCUT2D eigenvalue weighted by molar-refractivity contribution is -0.134. The van der Waals surface area contributed by atoms with Gasteiger partial charge in [-0.1, -0.05) is 43.0 Å².